The van der Waals surface area contributed by atoms with E-state index in [1.165, 1.54) is 6.26 Å². The Morgan fingerprint density at radius 3 is 2.17 bits per heavy atom. The molecule has 0 atom stereocenters. The van der Waals surface area contributed by atoms with Crippen LogP contribution in [0.4, 0.5) is 0 Å². The molecule has 1 rings (SSSR count). The Morgan fingerprint density at radius 2 is 1.92 bits per heavy atom. The highest BCUT2D eigenvalue weighted by atomic mass is 32.2. The zero-order valence-corrected chi connectivity index (χ0v) is 8.76. The van der Waals surface area contributed by atoms with Crippen molar-refractivity contribution in [3.63, 3.8) is 0 Å². The van der Waals surface area contributed by atoms with Crippen LogP contribution in [0.2, 0.25) is 0 Å². The van der Waals surface area contributed by atoms with Crippen LogP contribution in [0, 0.1) is 5.92 Å². The van der Waals surface area contributed by atoms with Gasteiger partial charge in [-0.1, -0.05) is 13.8 Å². The first-order valence-electron chi connectivity index (χ1n) is 4.38. The van der Waals surface area contributed by atoms with Crippen LogP contribution in [0.1, 0.15) is 26.7 Å². The summed E-state index contributed by atoms with van der Waals surface area (Å²) in [5.41, 5.74) is 0. The van der Waals surface area contributed by atoms with Crippen LogP contribution in [0.15, 0.2) is 0 Å². The van der Waals surface area contributed by atoms with Gasteiger partial charge in [-0.25, -0.2) is 8.42 Å². The molecule has 0 radical (unpaired) electrons. The molecule has 0 amide bonds. The summed E-state index contributed by atoms with van der Waals surface area (Å²) in [5.74, 6) is 0.417. The quantitative estimate of drug-likeness (QED) is 0.666. The largest absolute Gasteiger partial charge is 0.212 e. The van der Waals surface area contributed by atoms with Gasteiger partial charge in [0.1, 0.15) is 0 Å². The van der Waals surface area contributed by atoms with E-state index in [9.17, 15) is 8.42 Å². The summed E-state index contributed by atoms with van der Waals surface area (Å²) in [6.45, 7) is 4.75. The van der Waals surface area contributed by atoms with Gasteiger partial charge in [0.15, 0.2) is 0 Å². The zero-order valence-electron chi connectivity index (χ0n) is 7.95. The number of rotatable bonds is 4. The van der Waals surface area contributed by atoms with Crippen LogP contribution in [-0.2, 0) is 10.0 Å². The number of nitrogens with zero attached hydrogens (tertiary/aromatic N) is 1. The molecular weight excluding hydrogens is 174 g/mol. The molecule has 3 nitrogen and oxygen atoms in total. The summed E-state index contributed by atoms with van der Waals surface area (Å²) in [4.78, 5) is 0. The Morgan fingerprint density at radius 1 is 1.42 bits per heavy atom. The Bertz CT molecular complexity index is 242. The second kappa shape index (κ2) is 3.34. The minimum absolute atomic E-state index is 0.308. The number of sulfonamides is 1. The minimum Gasteiger partial charge on any atom is -0.212 e. The van der Waals surface area contributed by atoms with Crippen molar-refractivity contribution in [1.29, 1.82) is 0 Å². The fourth-order valence-electron chi connectivity index (χ4n) is 1.28. The third-order valence-electron chi connectivity index (χ3n) is 1.93. The fourth-order valence-corrected chi connectivity index (χ4v) is 2.60. The molecule has 1 aliphatic carbocycles. The molecule has 0 aromatic heterocycles. The number of hydrogen-bond donors (Lipinski definition) is 0. The maximum atomic E-state index is 11.3. The van der Waals surface area contributed by atoms with Crippen molar-refractivity contribution in [3.05, 3.63) is 0 Å². The lowest BCUT2D eigenvalue weighted by atomic mass is 10.2. The molecule has 1 fully saturated rings. The van der Waals surface area contributed by atoms with Gasteiger partial charge in [-0.05, 0) is 18.8 Å². The van der Waals surface area contributed by atoms with Crippen molar-refractivity contribution in [2.45, 2.75) is 32.7 Å². The van der Waals surface area contributed by atoms with E-state index in [-0.39, 0.29) is 0 Å². The molecule has 72 valence electrons. The lowest BCUT2D eigenvalue weighted by molar-refractivity contribution is 0.363. The molecule has 1 saturated carbocycles. The first kappa shape index (κ1) is 9.99. The summed E-state index contributed by atoms with van der Waals surface area (Å²) in [6, 6.07) is 0.308. The highest BCUT2D eigenvalue weighted by molar-refractivity contribution is 7.88. The fraction of sp³-hybridized carbons (Fsp3) is 1.00. The van der Waals surface area contributed by atoms with Gasteiger partial charge in [0.05, 0.1) is 6.26 Å². The molecule has 0 spiro atoms. The van der Waals surface area contributed by atoms with Gasteiger partial charge in [0.25, 0.3) is 0 Å². The van der Waals surface area contributed by atoms with E-state index in [1.807, 2.05) is 13.8 Å². The van der Waals surface area contributed by atoms with Crippen molar-refractivity contribution >= 4 is 10.0 Å². The summed E-state index contributed by atoms with van der Waals surface area (Å²) in [7, 11) is -2.96. The standard InChI is InChI=1S/C8H17NO2S/c1-7(2)6-9(8-4-5-8)12(3,10)11/h7-8H,4-6H2,1-3H3. The van der Waals surface area contributed by atoms with Crippen LogP contribution in [0.3, 0.4) is 0 Å². The predicted octanol–water partition coefficient (Wildman–Crippen LogP) is 1.07. The van der Waals surface area contributed by atoms with Gasteiger partial charge < -0.3 is 0 Å². The maximum absolute atomic E-state index is 11.3. The van der Waals surface area contributed by atoms with Crippen molar-refractivity contribution in [2.75, 3.05) is 12.8 Å². The van der Waals surface area contributed by atoms with E-state index < -0.39 is 10.0 Å². The Labute approximate surface area is 74.8 Å². The van der Waals surface area contributed by atoms with Crippen molar-refractivity contribution in [2.24, 2.45) is 5.92 Å². The Kier molecular flexibility index (Phi) is 2.78. The first-order chi connectivity index (χ1) is 5.41. The van der Waals surface area contributed by atoms with Crippen molar-refractivity contribution in [3.8, 4) is 0 Å². The van der Waals surface area contributed by atoms with E-state index in [4.69, 9.17) is 0 Å². The molecule has 4 heteroatoms. The summed E-state index contributed by atoms with van der Waals surface area (Å²) >= 11 is 0. The van der Waals surface area contributed by atoms with Crippen molar-refractivity contribution in [1.82, 2.24) is 4.31 Å². The zero-order chi connectivity index (χ0) is 9.35. The molecule has 0 aliphatic heterocycles. The SMILES string of the molecule is CC(C)CN(C1CC1)S(C)(=O)=O. The van der Waals surface area contributed by atoms with Crippen LogP contribution in [0.25, 0.3) is 0 Å². The molecule has 0 aromatic carbocycles. The van der Waals surface area contributed by atoms with E-state index in [0.29, 0.717) is 18.5 Å². The van der Waals surface area contributed by atoms with Gasteiger partial charge in [-0.3, -0.25) is 0 Å². The second-order valence-corrected chi connectivity index (χ2v) is 5.89. The van der Waals surface area contributed by atoms with Crippen LogP contribution in [-0.4, -0.2) is 31.6 Å². The van der Waals surface area contributed by atoms with Crippen LogP contribution < -0.4 is 0 Å². The molecule has 1 aliphatic rings. The summed E-state index contributed by atoms with van der Waals surface area (Å²) in [6.07, 6.45) is 3.38. The first-order valence-corrected chi connectivity index (χ1v) is 6.23. The lowest BCUT2D eigenvalue weighted by Gasteiger charge is -2.21. The highest BCUT2D eigenvalue weighted by Crippen LogP contribution is 2.29. The highest BCUT2D eigenvalue weighted by Gasteiger charge is 2.34. The molecular formula is C8H17NO2S. The lowest BCUT2D eigenvalue weighted by Crippen LogP contribution is -2.35. The van der Waals surface area contributed by atoms with E-state index in [2.05, 4.69) is 0 Å². The Hall–Kier alpha value is -0.0900. The molecule has 0 saturated heterocycles. The predicted molar refractivity (Wildman–Crippen MR) is 49.4 cm³/mol. The van der Waals surface area contributed by atoms with Gasteiger partial charge >= 0.3 is 0 Å². The van der Waals surface area contributed by atoms with Gasteiger partial charge in [0, 0.05) is 12.6 Å². The topological polar surface area (TPSA) is 37.4 Å². The Balaban J connectivity index is 2.61. The van der Waals surface area contributed by atoms with Crippen molar-refractivity contribution < 1.29 is 8.42 Å². The molecule has 0 N–H and O–H groups in total. The summed E-state index contributed by atoms with van der Waals surface area (Å²) in [5, 5.41) is 0. The normalized spacial score (nSPS) is 19.1. The van der Waals surface area contributed by atoms with Gasteiger partial charge in [-0.2, -0.15) is 4.31 Å². The van der Waals surface area contributed by atoms with Crippen LogP contribution in [0.5, 0.6) is 0 Å². The van der Waals surface area contributed by atoms with Gasteiger partial charge in [0.2, 0.25) is 10.0 Å². The van der Waals surface area contributed by atoms with E-state index in [1.54, 1.807) is 4.31 Å². The van der Waals surface area contributed by atoms with E-state index in [0.717, 1.165) is 12.8 Å². The average Bonchev–Trinajstić information content (AvgIpc) is 2.60. The minimum atomic E-state index is -2.96. The summed E-state index contributed by atoms with van der Waals surface area (Å²) < 4.78 is 24.2. The molecule has 0 bridgehead atoms. The van der Waals surface area contributed by atoms with Crippen LogP contribution >= 0.6 is 0 Å². The second-order valence-electron chi connectivity index (χ2n) is 3.96. The number of hydrogen-bond acceptors (Lipinski definition) is 2. The van der Waals surface area contributed by atoms with E-state index >= 15 is 0 Å². The third-order valence-corrected chi connectivity index (χ3v) is 3.22. The average molecular weight is 191 g/mol. The molecule has 0 aromatic rings. The maximum Gasteiger partial charge on any atom is 0.211 e. The molecule has 12 heavy (non-hydrogen) atoms. The third kappa shape index (κ3) is 2.75. The molecule has 0 heterocycles. The van der Waals surface area contributed by atoms with Gasteiger partial charge in [-0.15, -0.1) is 0 Å². The smallest absolute Gasteiger partial charge is 0.211 e. The molecule has 0 unspecified atom stereocenters. The monoisotopic (exact) mass is 191 g/mol.